The summed E-state index contributed by atoms with van der Waals surface area (Å²) in [5, 5.41) is 17.6. The molecular weight excluding hydrogens is 432 g/mol. The number of ether oxygens (including phenoxy) is 1. The van der Waals surface area contributed by atoms with Gasteiger partial charge in [0.15, 0.2) is 0 Å². The maximum atomic E-state index is 10.4. The molecule has 0 fully saturated rings. The zero-order valence-electron chi connectivity index (χ0n) is 14.0. The molecule has 1 N–H and O–H groups in total. The lowest BCUT2D eigenvalue weighted by Crippen LogP contribution is -2.33. The van der Waals surface area contributed by atoms with Crippen molar-refractivity contribution in [3.05, 3.63) is 81.2 Å². The Hall–Kier alpha value is -2.44. The predicted molar refractivity (Wildman–Crippen MR) is 105 cm³/mol. The van der Waals surface area contributed by atoms with Crippen LogP contribution in [0.25, 0.3) is 0 Å². The predicted octanol–water partition coefficient (Wildman–Crippen LogP) is 5.64. The van der Waals surface area contributed by atoms with Gasteiger partial charge in [-0.05, 0) is 48.5 Å². The van der Waals surface area contributed by atoms with Gasteiger partial charge in [-0.3, -0.25) is 0 Å². The Balaban J connectivity index is 1.65. The summed E-state index contributed by atoms with van der Waals surface area (Å²) in [6, 6.07) is 14.5. The molecule has 0 spiro atoms. The lowest BCUT2D eigenvalue weighted by molar-refractivity contribution is -0.0203. The fourth-order valence-electron chi connectivity index (χ4n) is 3.58. The zero-order valence-corrected chi connectivity index (χ0v) is 16.3. The van der Waals surface area contributed by atoms with Crippen molar-refractivity contribution in [2.75, 3.05) is 0 Å². The van der Waals surface area contributed by atoms with E-state index in [-0.39, 0.29) is 11.8 Å². The van der Waals surface area contributed by atoms with E-state index in [0.29, 0.717) is 17.0 Å². The highest BCUT2D eigenvalue weighted by Crippen LogP contribution is 2.49. The van der Waals surface area contributed by atoms with Crippen molar-refractivity contribution < 1.29 is 14.3 Å². The lowest BCUT2D eigenvalue weighted by atomic mass is 9.97. The van der Waals surface area contributed by atoms with Gasteiger partial charge in [0.1, 0.15) is 23.0 Å². The van der Waals surface area contributed by atoms with Crippen LogP contribution in [0.3, 0.4) is 0 Å². The van der Waals surface area contributed by atoms with Crippen LogP contribution in [0, 0.1) is 0 Å². The average molecular weight is 446 g/mol. The molecule has 2 aliphatic rings. The molecule has 2 aliphatic heterocycles. The Morgan fingerprint density at radius 1 is 1.15 bits per heavy atom. The summed E-state index contributed by atoms with van der Waals surface area (Å²) in [7, 11) is 0. The third-order valence-corrected chi connectivity index (χ3v) is 5.54. The Labute approximate surface area is 168 Å². The molecule has 27 heavy (non-hydrogen) atoms. The molecule has 3 aromatic rings. The Morgan fingerprint density at radius 2 is 2.04 bits per heavy atom. The third-order valence-electron chi connectivity index (χ3n) is 4.81. The second kappa shape index (κ2) is 6.32. The number of halogens is 2. The van der Waals surface area contributed by atoms with E-state index in [2.05, 4.69) is 15.9 Å². The Kier molecular flexibility index (Phi) is 3.91. The van der Waals surface area contributed by atoms with Gasteiger partial charge in [0.2, 0.25) is 6.23 Å². The van der Waals surface area contributed by atoms with Crippen molar-refractivity contribution in [2.45, 2.75) is 18.7 Å². The van der Waals surface area contributed by atoms with Gasteiger partial charge in [-0.1, -0.05) is 27.5 Å². The second-order valence-corrected chi connectivity index (χ2v) is 7.83. The molecule has 0 aliphatic carbocycles. The topological polar surface area (TPSA) is 58.2 Å². The summed E-state index contributed by atoms with van der Waals surface area (Å²) >= 11 is 9.70. The van der Waals surface area contributed by atoms with E-state index in [1.807, 2.05) is 35.3 Å². The van der Waals surface area contributed by atoms with Crippen molar-refractivity contribution in [1.82, 2.24) is 5.01 Å². The highest BCUT2D eigenvalue weighted by atomic mass is 79.9. The molecular formula is C20H14BrClN2O3. The molecule has 7 heteroatoms. The van der Waals surface area contributed by atoms with Crippen LogP contribution in [0.5, 0.6) is 11.5 Å². The number of hydrogen-bond acceptors (Lipinski definition) is 5. The Bertz CT molecular complexity index is 1050. The van der Waals surface area contributed by atoms with E-state index in [9.17, 15) is 5.11 Å². The maximum absolute atomic E-state index is 10.4. The second-order valence-electron chi connectivity index (χ2n) is 6.48. The van der Waals surface area contributed by atoms with Crippen LogP contribution >= 0.6 is 27.5 Å². The van der Waals surface area contributed by atoms with Crippen LogP contribution < -0.4 is 4.74 Å². The van der Waals surface area contributed by atoms with Crippen LogP contribution in [-0.4, -0.2) is 15.8 Å². The van der Waals surface area contributed by atoms with Crippen molar-refractivity contribution in [2.24, 2.45) is 5.10 Å². The minimum atomic E-state index is -0.588. The van der Waals surface area contributed by atoms with Gasteiger partial charge in [-0.2, -0.15) is 5.10 Å². The van der Waals surface area contributed by atoms with E-state index in [1.54, 1.807) is 24.5 Å². The number of phenolic OH excluding ortho intramolecular Hbond substituents is 1. The number of fused-ring (bicyclic) bond motifs is 3. The van der Waals surface area contributed by atoms with E-state index in [0.717, 1.165) is 27.3 Å². The van der Waals surface area contributed by atoms with E-state index < -0.39 is 6.23 Å². The molecule has 0 bridgehead atoms. The number of hydrazone groups is 1. The number of rotatable bonds is 2. The van der Waals surface area contributed by atoms with Crippen LogP contribution in [0.4, 0.5) is 0 Å². The van der Waals surface area contributed by atoms with Crippen molar-refractivity contribution >= 4 is 33.2 Å². The van der Waals surface area contributed by atoms with Crippen molar-refractivity contribution in [3.8, 4) is 11.5 Å². The summed E-state index contributed by atoms with van der Waals surface area (Å²) in [4.78, 5) is 0. The smallest absolute Gasteiger partial charge is 0.217 e. The maximum Gasteiger partial charge on any atom is 0.217 e. The first-order chi connectivity index (χ1) is 13.1. The van der Waals surface area contributed by atoms with E-state index in [4.69, 9.17) is 25.9 Å². The van der Waals surface area contributed by atoms with Gasteiger partial charge >= 0.3 is 0 Å². The third kappa shape index (κ3) is 2.80. The molecule has 5 nitrogen and oxygen atoms in total. The minimum absolute atomic E-state index is 0.0327. The normalized spacial score (nSPS) is 20.7. The van der Waals surface area contributed by atoms with Gasteiger partial charge in [0, 0.05) is 21.5 Å². The molecule has 0 unspecified atom stereocenters. The minimum Gasteiger partial charge on any atom is -0.507 e. The number of nitrogens with zero attached hydrogens (tertiary/aromatic N) is 2. The SMILES string of the molecule is Oc1ccc(Cl)cc1[C@H]1Oc2ccc(Br)cc2[C@H]2CC(c3ccco3)=NN21. The van der Waals surface area contributed by atoms with Crippen molar-refractivity contribution in [3.63, 3.8) is 0 Å². The van der Waals surface area contributed by atoms with E-state index in [1.165, 1.54) is 0 Å². The molecule has 2 atom stereocenters. The number of aromatic hydroxyl groups is 1. The fourth-order valence-corrected chi connectivity index (χ4v) is 4.14. The molecule has 0 radical (unpaired) electrons. The molecule has 0 saturated heterocycles. The van der Waals surface area contributed by atoms with Gasteiger partial charge in [0.05, 0.1) is 17.9 Å². The molecule has 5 rings (SSSR count). The number of hydrogen-bond donors (Lipinski definition) is 1. The largest absolute Gasteiger partial charge is 0.507 e. The van der Waals surface area contributed by atoms with Crippen LogP contribution in [0.1, 0.15) is 35.6 Å². The summed E-state index contributed by atoms with van der Waals surface area (Å²) in [6.45, 7) is 0. The van der Waals surface area contributed by atoms with E-state index >= 15 is 0 Å². The van der Waals surface area contributed by atoms with Gasteiger partial charge < -0.3 is 14.3 Å². The summed E-state index contributed by atoms with van der Waals surface area (Å²) in [6.07, 6.45) is 1.73. The number of benzene rings is 2. The molecule has 1 aromatic heterocycles. The van der Waals surface area contributed by atoms with Gasteiger partial charge in [0.25, 0.3) is 0 Å². The average Bonchev–Trinajstić information content (AvgIpc) is 3.32. The van der Waals surface area contributed by atoms with Crippen LogP contribution in [0.15, 0.2) is 68.8 Å². The van der Waals surface area contributed by atoms with Gasteiger partial charge in [-0.25, -0.2) is 5.01 Å². The first-order valence-electron chi connectivity index (χ1n) is 8.44. The fraction of sp³-hybridized carbons (Fsp3) is 0.150. The summed E-state index contributed by atoms with van der Waals surface area (Å²) in [5.41, 5.74) is 2.45. The van der Waals surface area contributed by atoms with Gasteiger partial charge in [-0.15, -0.1) is 0 Å². The summed E-state index contributed by atoms with van der Waals surface area (Å²) < 4.78 is 12.8. The standard InChI is InChI=1S/C20H14BrClN2O3/c21-11-3-6-18-13(8-11)16-10-15(19-2-1-7-26-19)23-24(16)20(27-18)14-9-12(22)4-5-17(14)25/h1-9,16,20,25H,10H2/t16-,20-/m1/s1. The first-order valence-corrected chi connectivity index (χ1v) is 9.61. The summed E-state index contributed by atoms with van der Waals surface area (Å²) in [5.74, 6) is 1.61. The van der Waals surface area contributed by atoms with Crippen LogP contribution in [0.2, 0.25) is 5.02 Å². The molecule has 2 aromatic carbocycles. The molecule has 3 heterocycles. The highest BCUT2D eigenvalue weighted by Gasteiger charge is 2.42. The highest BCUT2D eigenvalue weighted by molar-refractivity contribution is 9.10. The zero-order chi connectivity index (χ0) is 18.5. The molecule has 0 amide bonds. The van der Waals surface area contributed by atoms with Crippen LogP contribution in [-0.2, 0) is 0 Å². The number of furan rings is 1. The molecule has 0 saturated carbocycles. The number of phenols is 1. The van der Waals surface area contributed by atoms with Crippen molar-refractivity contribution in [1.29, 1.82) is 0 Å². The molecule has 136 valence electrons. The quantitative estimate of drug-likeness (QED) is 0.554. The monoisotopic (exact) mass is 444 g/mol. The Morgan fingerprint density at radius 3 is 2.85 bits per heavy atom. The first kappa shape index (κ1) is 16.7. The lowest BCUT2D eigenvalue weighted by Gasteiger charge is -2.38.